The van der Waals surface area contributed by atoms with Crippen LogP contribution in [0.15, 0.2) is 24.4 Å². The predicted molar refractivity (Wildman–Crippen MR) is 74.0 cm³/mol. The lowest BCUT2D eigenvalue weighted by atomic mass is 10.0. The molecule has 0 amide bonds. The summed E-state index contributed by atoms with van der Waals surface area (Å²) in [6.45, 7) is 0. The van der Waals surface area contributed by atoms with E-state index in [-0.39, 0.29) is 11.4 Å². The van der Waals surface area contributed by atoms with Gasteiger partial charge in [0, 0.05) is 5.56 Å². The van der Waals surface area contributed by atoms with Gasteiger partial charge in [-0.05, 0) is 23.8 Å². The smallest absolute Gasteiger partial charge is 0.141 e. The van der Waals surface area contributed by atoms with Crippen molar-refractivity contribution in [3.63, 3.8) is 0 Å². The minimum Gasteiger partial charge on any atom is -0.253 e. The minimum atomic E-state index is -0.525. The molecule has 0 N–H and O–H groups in total. The van der Waals surface area contributed by atoms with Gasteiger partial charge in [0.15, 0.2) is 0 Å². The maximum Gasteiger partial charge on any atom is 0.141 e. The highest BCUT2D eigenvalue weighted by molar-refractivity contribution is 6.46. The summed E-state index contributed by atoms with van der Waals surface area (Å²) in [6.07, 6.45) is 1.04. The zero-order chi connectivity index (χ0) is 14.0. The average molecular weight is 316 g/mol. The Kier molecular flexibility index (Phi) is 4.26. The molecule has 0 aliphatic rings. The van der Waals surface area contributed by atoms with Gasteiger partial charge < -0.3 is 0 Å². The van der Waals surface area contributed by atoms with Crippen LogP contribution < -0.4 is 0 Å². The third kappa shape index (κ3) is 2.82. The Morgan fingerprint density at radius 3 is 2.58 bits per heavy atom. The highest BCUT2D eigenvalue weighted by atomic mass is 35.5. The van der Waals surface area contributed by atoms with E-state index in [0.29, 0.717) is 26.9 Å². The Balaban J connectivity index is 2.72. The molecular weight excluding hydrogens is 310 g/mol. The minimum absolute atomic E-state index is 0.000730. The van der Waals surface area contributed by atoms with Gasteiger partial charge in [0.2, 0.25) is 0 Å². The van der Waals surface area contributed by atoms with Crippen molar-refractivity contribution in [2.24, 2.45) is 0 Å². The van der Waals surface area contributed by atoms with Gasteiger partial charge in [-0.15, -0.1) is 0 Å². The number of pyridine rings is 1. The van der Waals surface area contributed by atoms with E-state index in [1.54, 1.807) is 12.1 Å². The molecule has 0 saturated heterocycles. The molecule has 6 heteroatoms. The van der Waals surface area contributed by atoms with Gasteiger partial charge in [0.05, 0.1) is 39.4 Å². The van der Waals surface area contributed by atoms with E-state index in [1.165, 1.54) is 6.07 Å². The molecule has 0 radical (unpaired) electrons. The van der Waals surface area contributed by atoms with Crippen molar-refractivity contribution in [3.8, 4) is 17.3 Å². The fourth-order valence-electron chi connectivity index (χ4n) is 1.67. The molecule has 0 spiro atoms. The Hall–Kier alpha value is -1.34. The van der Waals surface area contributed by atoms with E-state index in [0.717, 1.165) is 6.20 Å². The largest absolute Gasteiger partial charge is 0.253 e. The van der Waals surface area contributed by atoms with Crippen LogP contribution in [0.2, 0.25) is 15.1 Å². The molecule has 0 fully saturated rings. The molecule has 1 aromatic carbocycles. The number of rotatable bonds is 2. The van der Waals surface area contributed by atoms with Crippen molar-refractivity contribution in [2.75, 3.05) is 0 Å². The first-order valence-corrected chi connectivity index (χ1v) is 6.33. The molecule has 0 saturated carbocycles. The fourth-order valence-corrected chi connectivity index (χ4v) is 2.38. The van der Waals surface area contributed by atoms with Gasteiger partial charge in [-0.25, -0.2) is 4.39 Å². The number of nitriles is 1. The zero-order valence-corrected chi connectivity index (χ0v) is 11.7. The summed E-state index contributed by atoms with van der Waals surface area (Å²) in [5.41, 5.74) is 1.18. The van der Waals surface area contributed by atoms with Gasteiger partial charge in [0.25, 0.3) is 0 Å². The van der Waals surface area contributed by atoms with Crippen LogP contribution in [0.25, 0.3) is 11.3 Å². The molecule has 96 valence electrons. The monoisotopic (exact) mass is 314 g/mol. The standard InChI is InChI=1S/C13H6Cl3FN2/c14-9-1-2-10(15)12(16)11(9)13-7(3-4-18)5-8(17)6-19-13/h1-2,5-6H,3H2. The summed E-state index contributed by atoms with van der Waals surface area (Å²) in [7, 11) is 0. The molecule has 2 rings (SSSR count). The third-order valence-electron chi connectivity index (χ3n) is 2.48. The van der Waals surface area contributed by atoms with Crippen LogP contribution in [0.1, 0.15) is 5.56 Å². The summed E-state index contributed by atoms with van der Waals surface area (Å²) in [4.78, 5) is 3.98. The lowest BCUT2D eigenvalue weighted by Gasteiger charge is -2.11. The summed E-state index contributed by atoms with van der Waals surface area (Å²) in [6, 6.07) is 6.32. The topological polar surface area (TPSA) is 36.7 Å². The van der Waals surface area contributed by atoms with Crippen molar-refractivity contribution >= 4 is 34.8 Å². The zero-order valence-electron chi connectivity index (χ0n) is 9.42. The van der Waals surface area contributed by atoms with E-state index in [4.69, 9.17) is 40.1 Å². The Morgan fingerprint density at radius 2 is 1.89 bits per heavy atom. The maximum absolute atomic E-state index is 13.2. The van der Waals surface area contributed by atoms with E-state index in [9.17, 15) is 4.39 Å². The van der Waals surface area contributed by atoms with Crippen LogP contribution in [0.5, 0.6) is 0 Å². The predicted octanol–water partition coefficient (Wildman–Crippen LogP) is 4.91. The molecule has 1 aromatic heterocycles. The third-order valence-corrected chi connectivity index (χ3v) is 3.60. The second-order valence-electron chi connectivity index (χ2n) is 3.71. The SMILES string of the molecule is N#CCc1cc(F)cnc1-c1c(Cl)ccc(Cl)c1Cl. The lowest BCUT2D eigenvalue weighted by molar-refractivity contribution is 0.620. The highest BCUT2D eigenvalue weighted by Gasteiger charge is 2.17. The number of hydrogen-bond donors (Lipinski definition) is 0. The van der Waals surface area contributed by atoms with Crippen LogP contribution >= 0.6 is 34.8 Å². The number of benzene rings is 1. The summed E-state index contributed by atoms with van der Waals surface area (Å²) >= 11 is 18.1. The first-order chi connectivity index (χ1) is 9.04. The van der Waals surface area contributed by atoms with E-state index in [1.807, 2.05) is 6.07 Å². The molecule has 0 aliphatic heterocycles. The van der Waals surface area contributed by atoms with Crippen molar-refractivity contribution in [1.29, 1.82) is 5.26 Å². The van der Waals surface area contributed by atoms with Crippen LogP contribution in [0, 0.1) is 17.1 Å². The molecule has 2 nitrogen and oxygen atoms in total. The molecule has 0 atom stereocenters. The Labute approximate surface area is 124 Å². The highest BCUT2D eigenvalue weighted by Crippen LogP contribution is 2.39. The van der Waals surface area contributed by atoms with Gasteiger partial charge in [0.1, 0.15) is 5.82 Å². The lowest BCUT2D eigenvalue weighted by Crippen LogP contribution is -1.96. The summed E-state index contributed by atoms with van der Waals surface area (Å²) < 4.78 is 13.2. The second kappa shape index (κ2) is 5.75. The van der Waals surface area contributed by atoms with Gasteiger partial charge in [-0.2, -0.15) is 5.26 Å². The first-order valence-electron chi connectivity index (χ1n) is 5.20. The average Bonchev–Trinajstić information content (AvgIpc) is 2.37. The number of hydrogen-bond acceptors (Lipinski definition) is 2. The van der Waals surface area contributed by atoms with Gasteiger partial charge in [-0.3, -0.25) is 4.98 Å². The van der Waals surface area contributed by atoms with Crippen LogP contribution in [0.3, 0.4) is 0 Å². The van der Waals surface area contributed by atoms with Crippen molar-refractivity contribution in [2.45, 2.75) is 6.42 Å². The first kappa shape index (κ1) is 14.1. The summed E-state index contributed by atoms with van der Waals surface area (Å²) in [5.74, 6) is -0.525. The van der Waals surface area contributed by atoms with Crippen LogP contribution in [0.4, 0.5) is 4.39 Å². The van der Waals surface area contributed by atoms with Crippen molar-refractivity contribution in [1.82, 2.24) is 4.98 Å². The van der Waals surface area contributed by atoms with E-state index >= 15 is 0 Å². The summed E-state index contributed by atoms with van der Waals surface area (Å²) in [5, 5.41) is 9.67. The number of halogens is 4. The fraction of sp³-hybridized carbons (Fsp3) is 0.0769. The molecule has 19 heavy (non-hydrogen) atoms. The van der Waals surface area contributed by atoms with Gasteiger partial charge >= 0.3 is 0 Å². The van der Waals surface area contributed by atoms with Crippen LogP contribution in [-0.4, -0.2) is 4.98 Å². The molecule has 0 unspecified atom stereocenters. The van der Waals surface area contributed by atoms with Crippen molar-refractivity contribution < 1.29 is 4.39 Å². The van der Waals surface area contributed by atoms with Crippen LogP contribution in [-0.2, 0) is 6.42 Å². The Morgan fingerprint density at radius 1 is 1.21 bits per heavy atom. The number of nitrogens with zero attached hydrogens (tertiary/aromatic N) is 2. The quantitative estimate of drug-likeness (QED) is 0.738. The molecule has 0 bridgehead atoms. The maximum atomic E-state index is 13.2. The van der Waals surface area contributed by atoms with Crippen molar-refractivity contribution in [3.05, 3.63) is 50.8 Å². The molecular formula is C13H6Cl3FN2. The van der Waals surface area contributed by atoms with Gasteiger partial charge in [-0.1, -0.05) is 34.8 Å². The second-order valence-corrected chi connectivity index (χ2v) is 4.91. The molecule has 2 aromatic rings. The normalized spacial score (nSPS) is 10.3. The molecule has 1 heterocycles. The number of aromatic nitrogens is 1. The molecule has 0 aliphatic carbocycles. The van der Waals surface area contributed by atoms with E-state index in [2.05, 4.69) is 4.98 Å². The van der Waals surface area contributed by atoms with E-state index < -0.39 is 5.82 Å². The Bertz CT molecular complexity index is 680.